The van der Waals surface area contributed by atoms with E-state index in [4.69, 9.17) is 14.9 Å². The van der Waals surface area contributed by atoms with E-state index in [9.17, 15) is 19.2 Å². The summed E-state index contributed by atoms with van der Waals surface area (Å²) in [4.78, 5) is 49.9. The molecule has 0 atom stereocenters. The number of carbonyl (C=O) groups is 4. The van der Waals surface area contributed by atoms with Gasteiger partial charge in [-0.2, -0.15) is 0 Å². The number of carboxylic acid groups (broad SMARTS) is 2. The third-order valence-electron chi connectivity index (χ3n) is 4.21. The van der Waals surface area contributed by atoms with Gasteiger partial charge in [0.15, 0.2) is 0 Å². The summed E-state index contributed by atoms with van der Waals surface area (Å²) in [5.74, 6) is -0.748. The number of rotatable bonds is 9. The number of aliphatic carboxylic acids is 2. The topological polar surface area (TPSA) is 137 Å². The molecule has 0 saturated carbocycles. The lowest BCUT2D eigenvalue weighted by Crippen LogP contribution is -2.27. The molecule has 0 aliphatic carbocycles. The lowest BCUT2D eigenvalue weighted by molar-refractivity contribution is -0.134. The third kappa shape index (κ3) is 9.03. The first-order valence-corrected chi connectivity index (χ1v) is 10.7. The number of likely N-dealkylation sites (N-methyl/N-ethyl adjacent to an activating group) is 1. The van der Waals surface area contributed by atoms with E-state index < -0.39 is 11.9 Å². The molecule has 174 valence electrons. The molecular weight excluding hydrogens is 450 g/mol. The van der Waals surface area contributed by atoms with E-state index >= 15 is 0 Å². The monoisotopic (exact) mass is 473 g/mol. The Labute approximate surface area is 194 Å². The van der Waals surface area contributed by atoms with Crippen molar-refractivity contribution in [3.63, 3.8) is 0 Å². The van der Waals surface area contributed by atoms with Gasteiger partial charge in [-0.3, -0.25) is 14.5 Å². The second-order valence-corrected chi connectivity index (χ2v) is 7.57. The van der Waals surface area contributed by atoms with Crippen LogP contribution in [0, 0.1) is 0 Å². The van der Waals surface area contributed by atoms with Crippen LogP contribution >= 0.6 is 11.8 Å². The Hall–Kier alpha value is -3.86. The van der Waals surface area contributed by atoms with Crippen molar-refractivity contribution in [2.45, 2.75) is 6.54 Å². The van der Waals surface area contributed by atoms with Crippen LogP contribution in [0.5, 0.6) is 5.75 Å². The van der Waals surface area contributed by atoms with Crippen molar-refractivity contribution in [1.82, 2.24) is 9.88 Å². The standard InChI is InChI=1S/C18H19N3O3S.C4H4O4/c1-20(16-4-2-3-9-19-16)10-11-24-15-7-5-14(6-8-15)12-21-17(22)13-25-18(21)23;5-3(6)1-2-4(7)8/h2-9H,10-13H2,1H3;1-2H,(H,5,6)(H,7,8)/b;2-1-. The molecule has 2 amide bonds. The zero-order valence-corrected chi connectivity index (χ0v) is 18.6. The van der Waals surface area contributed by atoms with Gasteiger partial charge in [-0.25, -0.2) is 14.6 Å². The molecule has 1 saturated heterocycles. The SMILES string of the molecule is CN(CCOc1ccc(CN2C(=O)CSC2=O)cc1)c1ccccn1.O=C(O)/C=C\C(=O)O. The number of benzene rings is 1. The highest BCUT2D eigenvalue weighted by Crippen LogP contribution is 2.22. The third-order valence-corrected chi connectivity index (χ3v) is 5.07. The van der Waals surface area contributed by atoms with Crippen LogP contribution in [-0.2, 0) is 20.9 Å². The van der Waals surface area contributed by atoms with Gasteiger partial charge in [-0.1, -0.05) is 30.0 Å². The number of hydrogen-bond acceptors (Lipinski definition) is 8. The van der Waals surface area contributed by atoms with Gasteiger partial charge < -0.3 is 19.8 Å². The van der Waals surface area contributed by atoms with E-state index in [1.165, 1.54) is 4.90 Å². The van der Waals surface area contributed by atoms with E-state index in [0.717, 1.165) is 28.9 Å². The zero-order chi connectivity index (χ0) is 24.2. The minimum atomic E-state index is -1.26. The maximum absolute atomic E-state index is 11.6. The first-order valence-electron chi connectivity index (χ1n) is 9.71. The summed E-state index contributed by atoms with van der Waals surface area (Å²) in [7, 11) is 1.97. The highest BCUT2D eigenvalue weighted by atomic mass is 32.2. The minimum absolute atomic E-state index is 0.132. The molecule has 2 aromatic rings. The first kappa shape index (κ1) is 25.4. The maximum atomic E-state index is 11.6. The van der Waals surface area contributed by atoms with E-state index in [1.54, 1.807) is 6.20 Å². The fourth-order valence-corrected chi connectivity index (χ4v) is 3.27. The van der Waals surface area contributed by atoms with Gasteiger partial charge in [-0.15, -0.1) is 0 Å². The number of aromatic nitrogens is 1. The Morgan fingerprint density at radius 3 is 2.30 bits per heavy atom. The van der Waals surface area contributed by atoms with E-state index in [2.05, 4.69) is 4.98 Å². The largest absolute Gasteiger partial charge is 0.492 e. The second kappa shape index (κ2) is 12.9. The van der Waals surface area contributed by atoms with Crippen molar-refractivity contribution in [3.8, 4) is 5.75 Å². The number of hydrogen-bond donors (Lipinski definition) is 2. The summed E-state index contributed by atoms with van der Waals surface area (Å²) in [5, 5.41) is 15.4. The highest BCUT2D eigenvalue weighted by molar-refractivity contribution is 8.14. The van der Waals surface area contributed by atoms with Crippen LogP contribution in [0.4, 0.5) is 10.6 Å². The molecule has 2 N–H and O–H groups in total. The summed E-state index contributed by atoms with van der Waals surface area (Å²) >= 11 is 1.05. The number of carbonyl (C=O) groups excluding carboxylic acids is 2. The molecule has 0 bridgehead atoms. The maximum Gasteiger partial charge on any atom is 0.328 e. The van der Waals surface area contributed by atoms with Gasteiger partial charge in [0.05, 0.1) is 18.8 Å². The smallest absolute Gasteiger partial charge is 0.328 e. The molecule has 1 aliphatic rings. The van der Waals surface area contributed by atoms with Gasteiger partial charge in [-0.05, 0) is 29.8 Å². The molecule has 1 fully saturated rings. The first-order chi connectivity index (χ1) is 15.8. The summed E-state index contributed by atoms with van der Waals surface area (Å²) in [5.41, 5.74) is 0.905. The molecule has 0 unspecified atom stereocenters. The van der Waals surface area contributed by atoms with Crippen molar-refractivity contribution in [2.24, 2.45) is 0 Å². The quantitative estimate of drug-likeness (QED) is 0.523. The van der Waals surface area contributed by atoms with Crippen LogP contribution in [0.1, 0.15) is 5.56 Å². The molecule has 3 rings (SSSR count). The summed E-state index contributed by atoms with van der Waals surface area (Å²) in [6.45, 7) is 1.56. The molecule has 11 heteroatoms. The van der Waals surface area contributed by atoms with Crippen LogP contribution in [0.25, 0.3) is 0 Å². The van der Waals surface area contributed by atoms with E-state index in [0.29, 0.717) is 31.8 Å². The van der Waals surface area contributed by atoms with Crippen molar-refractivity contribution in [3.05, 3.63) is 66.4 Å². The minimum Gasteiger partial charge on any atom is -0.492 e. The Bertz CT molecular complexity index is 965. The molecule has 1 aromatic heterocycles. The molecule has 10 nitrogen and oxygen atoms in total. The average Bonchev–Trinajstić information content (AvgIpc) is 3.12. The summed E-state index contributed by atoms with van der Waals surface area (Å²) < 4.78 is 5.74. The highest BCUT2D eigenvalue weighted by Gasteiger charge is 2.29. The molecule has 1 aliphatic heterocycles. The van der Waals surface area contributed by atoms with E-state index in [1.807, 2.05) is 54.4 Å². The average molecular weight is 474 g/mol. The Morgan fingerprint density at radius 1 is 1.12 bits per heavy atom. The number of imide groups is 1. The lowest BCUT2D eigenvalue weighted by atomic mass is 10.2. The van der Waals surface area contributed by atoms with Crippen molar-refractivity contribution < 1.29 is 34.1 Å². The Kier molecular flexibility index (Phi) is 9.90. The van der Waals surface area contributed by atoms with Crippen molar-refractivity contribution in [1.29, 1.82) is 0 Å². The van der Waals surface area contributed by atoms with Crippen LogP contribution in [-0.4, -0.2) is 69.1 Å². The molecular formula is C22H23N3O7S. The fraction of sp³-hybridized carbons (Fsp3) is 0.227. The molecule has 0 spiro atoms. The van der Waals surface area contributed by atoms with E-state index in [-0.39, 0.29) is 16.9 Å². The number of pyridine rings is 1. The normalized spacial score (nSPS) is 12.9. The van der Waals surface area contributed by atoms with Gasteiger partial charge in [0.25, 0.3) is 5.24 Å². The van der Waals surface area contributed by atoms with Crippen LogP contribution in [0.2, 0.25) is 0 Å². The molecule has 0 radical (unpaired) electrons. The van der Waals surface area contributed by atoms with Gasteiger partial charge >= 0.3 is 11.9 Å². The summed E-state index contributed by atoms with van der Waals surface area (Å²) in [6.07, 6.45) is 2.88. The Morgan fingerprint density at radius 2 is 1.79 bits per heavy atom. The zero-order valence-electron chi connectivity index (χ0n) is 17.8. The predicted octanol–water partition coefficient (Wildman–Crippen LogP) is 2.50. The molecule has 33 heavy (non-hydrogen) atoms. The number of ether oxygens (including phenoxy) is 1. The lowest BCUT2D eigenvalue weighted by Gasteiger charge is -2.18. The van der Waals surface area contributed by atoms with Crippen molar-refractivity contribution >= 4 is 40.7 Å². The number of amides is 2. The van der Waals surface area contributed by atoms with Gasteiger partial charge in [0.2, 0.25) is 5.91 Å². The van der Waals surface area contributed by atoms with Gasteiger partial charge in [0, 0.05) is 25.4 Å². The van der Waals surface area contributed by atoms with Gasteiger partial charge in [0.1, 0.15) is 18.2 Å². The fourth-order valence-electron chi connectivity index (χ4n) is 2.54. The second-order valence-electron chi connectivity index (χ2n) is 6.65. The molecule has 1 aromatic carbocycles. The number of carboxylic acids is 2. The van der Waals surface area contributed by atoms with Crippen molar-refractivity contribution in [2.75, 3.05) is 30.9 Å². The predicted molar refractivity (Wildman–Crippen MR) is 122 cm³/mol. The van der Waals surface area contributed by atoms with Crippen LogP contribution < -0.4 is 9.64 Å². The van der Waals surface area contributed by atoms with Crippen LogP contribution in [0.15, 0.2) is 60.8 Å². The number of nitrogens with zero attached hydrogens (tertiary/aromatic N) is 3. The Balaban J connectivity index is 0.000000414. The number of anilines is 1. The van der Waals surface area contributed by atoms with Crippen LogP contribution in [0.3, 0.4) is 0 Å². The number of thioether (sulfide) groups is 1. The molecule has 2 heterocycles. The summed E-state index contributed by atoms with van der Waals surface area (Å²) in [6, 6.07) is 13.3.